The van der Waals surface area contributed by atoms with Crippen LogP contribution in [0.5, 0.6) is 5.75 Å². The van der Waals surface area contributed by atoms with Crippen LogP contribution >= 0.6 is 12.2 Å². The average Bonchev–Trinajstić information content (AvgIpc) is 2.62. The van der Waals surface area contributed by atoms with Crippen LogP contribution in [0.2, 0.25) is 0 Å². The van der Waals surface area contributed by atoms with Gasteiger partial charge in [-0.2, -0.15) is 0 Å². The third-order valence-electron chi connectivity index (χ3n) is 3.93. The van der Waals surface area contributed by atoms with Crippen LogP contribution in [0.3, 0.4) is 0 Å². The normalized spacial score (nSPS) is 10.3. The van der Waals surface area contributed by atoms with Gasteiger partial charge < -0.3 is 10.1 Å². The zero-order valence-electron chi connectivity index (χ0n) is 14.0. The Morgan fingerprint density at radius 2 is 1.64 bits per heavy atom. The van der Waals surface area contributed by atoms with Gasteiger partial charge in [-0.1, -0.05) is 42.5 Å². The molecule has 25 heavy (non-hydrogen) atoms. The molecule has 1 amide bonds. The SMILES string of the molecule is COc1cc2ccccc2cc1C(=O)NC(=S)Nc1ccccc1C. The van der Waals surface area contributed by atoms with E-state index in [1.807, 2.05) is 61.5 Å². The van der Waals surface area contributed by atoms with Crippen molar-refractivity contribution in [2.24, 2.45) is 0 Å². The minimum absolute atomic E-state index is 0.245. The maximum Gasteiger partial charge on any atom is 0.261 e. The molecule has 0 saturated carbocycles. The third-order valence-corrected chi connectivity index (χ3v) is 4.14. The largest absolute Gasteiger partial charge is 0.496 e. The number of rotatable bonds is 3. The molecule has 0 aliphatic rings. The highest BCUT2D eigenvalue weighted by atomic mass is 32.1. The highest BCUT2D eigenvalue weighted by molar-refractivity contribution is 7.80. The van der Waals surface area contributed by atoms with Crippen molar-refractivity contribution in [2.45, 2.75) is 6.92 Å². The molecule has 2 N–H and O–H groups in total. The summed E-state index contributed by atoms with van der Waals surface area (Å²) in [7, 11) is 1.55. The van der Waals surface area contributed by atoms with Crippen LogP contribution in [0.4, 0.5) is 5.69 Å². The van der Waals surface area contributed by atoms with E-state index in [4.69, 9.17) is 17.0 Å². The van der Waals surface area contributed by atoms with Crippen molar-refractivity contribution in [3.05, 3.63) is 71.8 Å². The van der Waals surface area contributed by atoms with Crippen LogP contribution in [0.1, 0.15) is 15.9 Å². The second-order valence-electron chi connectivity index (χ2n) is 5.62. The molecule has 0 saturated heterocycles. The van der Waals surface area contributed by atoms with Crippen molar-refractivity contribution in [1.82, 2.24) is 5.32 Å². The van der Waals surface area contributed by atoms with Gasteiger partial charge in [0, 0.05) is 5.69 Å². The number of anilines is 1. The first-order valence-electron chi connectivity index (χ1n) is 7.83. The van der Waals surface area contributed by atoms with E-state index in [1.165, 1.54) is 0 Å². The number of aryl methyl sites for hydroxylation is 1. The van der Waals surface area contributed by atoms with Crippen LogP contribution in [0, 0.1) is 6.92 Å². The molecule has 0 atom stereocenters. The Morgan fingerprint density at radius 3 is 2.32 bits per heavy atom. The predicted molar refractivity (Wildman–Crippen MR) is 105 cm³/mol. The van der Waals surface area contributed by atoms with Gasteiger partial charge in [0.05, 0.1) is 12.7 Å². The number of methoxy groups -OCH3 is 1. The molecule has 0 spiro atoms. The minimum Gasteiger partial charge on any atom is -0.496 e. The van der Waals surface area contributed by atoms with Crippen molar-refractivity contribution < 1.29 is 9.53 Å². The van der Waals surface area contributed by atoms with E-state index < -0.39 is 0 Å². The molecule has 0 unspecified atom stereocenters. The zero-order chi connectivity index (χ0) is 17.8. The van der Waals surface area contributed by atoms with Crippen molar-refractivity contribution in [3.63, 3.8) is 0 Å². The second kappa shape index (κ2) is 7.32. The Hall–Kier alpha value is -2.92. The summed E-state index contributed by atoms with van der Waals surface area (Å²) in [5.74, 6) is 0.198. The summed E-state index contributed by atoms with van der Waals surface area (Å²) in [6.07, 6.45) is 0. The van der Waals surface area contributed by atoms with Crippen LogP contribution < -0.4 is 15.4 Å². The summed E-state index contributed by atoms with van der Waals surface area (Å²) in [5, 5.41) is 7.98. The first kappa shape index (κ1) is 16.9. The zero-order valence-corrected chi connectivity index (χ0v) is 14.8. The number of hydrogen-bond donors (Lipinski definition) is 2. The maximum atomic E-state index is 12.6. The quantitative estimate of drug-likeness (QED) is 0.692. The summed E-state index contributed by atoms with van der Waals surface area (Å²) in [4.78, 5) is 12.6. The first-order valence-corrected chi connectivity index (χ1v) is 8.24. The fraction of sp³-hybridized carbons (Fsp3) is 0.100. The van der Waals surface area contributed by atoms with E-state index in [9.17, 15) is 4.79 Å². The lowest BCUT2D eigenvalue weighted by molar-refractivity contribution is 0.0975. The maximum absolute atomic E-state index is 12.6. The van der Waals surface area contributed by atoms with E-state index in [-0.39, 0.29) is 11.0 Å². The number of nitrogens with one attached hydrogen (secondary N) is 2. The molecule has 0 bridgehead atoms. The molecule has 0 radical (unpaired) electrons. The van der Waals surface area contributed by atoms with Gasteiger partial charge >= 0.3 is 0 Å². The van der Waals surface area contributed by atoms with Crippen molar-refractivity contribution >= 4 is 39.7 Å². The van der Waals surface area contributed by atoms with Gasteiger partial charge in [0.2, 0.25) is 0 Å². The number of amides is 1. The Kier molecular flexibility index (Phi) is 4.95. The lowest BCUT2D eigenvalue weighted by Gasteiger charge is -2.13. The molecule has 0 aliphatic carbocycles. The highest BCUT2D eigenvalue weighted by Crippen LogP contribution is 2.26. The van der Waals surface area contributed by atoms with Crippen molar-refractivity contribution in [3.8, 4) is 5.75 Å². The summed E-state index contributed by atoms with van der Waals surface area (Å²) in [6.45, 7) is 1.97. The molecule has 3 aromatic carbocycles. The Labute approximate surface area is 151 Å². The molecule has 3 aromatic rings. The third kappa shape index (κ3) is 3.78. The Morgan fingerprint density at radius 1 is 1.00 bits per heavy atom. The minimum atomic E-state index is -0.311. The van der Waals surface area contributed by atoms with Gasteiger partial charge in [-0.25, -0.2) is 0 Å². The number of carbonyl (C=O) groups excluding carboxylic acids is 1. The van der Waals surface area contributed by atoms with Gasteiger partial charge in [0.1, 0.15) is 5.75 Å². The second-order valence-corrected chi connectivity index (χ2v) is 6.03. The molecule has 5 heteroatoms. The van der Waals surface area contributed by atoms with Crippen LogP contribution in [-0.2, 0) is 0 Å². The van der Waals surface area contributed by atoms with E-state index in [0.29, 0.717) is 11.3 Å². The molecule has 3 rings (SSSR count). The number of ether oxygens (including phenoxy) is 1. The lowest BCUT2D eigenvalue weighted by Crippen LogP contribution is -2.34. The van der Waals surface area contributed by atoms with Crippen LogP contribution in [0.15, 0.2) is 60.7 Å². The highest BCUT2D eigenvalue weighted by Gasteiger charge is 2.15. The number of benzene rings is 3. The topological polar surface area (TPSA) is 50.4 Å². The predicted octanol–water partition coefficient (Wildman–Crippen LogP) is 4.28. The number of para-hydroxylation sites is 1. The van der Waals surface area contributed by atoms with Gasteiger partial charge in [0.15, 0.2) is 5.11 Å². The molecular weight excluding hydrogens is 332 g/mol. The summed E-state index contributed by atoms with van der Waals surface area (Å²) >= 11 is 5.26. The van der Waals surface area contributed by atoms with Crippen molar-refractivity contribution in [1.29, 1.82) is 0 Å². The van der Waals surface area contributed by atoms with E-state index in [1.54, 1.807) is 13.2 Å². The molecule has 0 fully saturated rings. The average molecular weight is 350 g/mol. The van der Waals surface area contributed by atoms with E-state index in [2.05, 4.69) is 10.6 Å². The van der Waals surface area contributed by atoms with E-state index >= 15 is 0 Å². The van der Waals surface area contributed by atoms with Crippen LogP contribution in [0.25, 0.3) is 10.8 Å². The van der Waals surface area contributed by atoms with Gasteiger partial charge in [-0.15, -0.1) is 0 Å². The molecule has 126 valence electrons. The number of thiocarbonyl (C=S) groups is 1. The Balaban J connectivity index is 1.82. The standard InChI is InChI=1S/C20H18N2O2S/c1-13-7-3-6-10-17(13)21-20(25)22-19(23)16-11-14-8-4-5-9-15(14)12-18(16)24-2/h3-12H,1-2H3,(H2,21,22,23,25). The molecular formula is C20H18N2O2S. The number of carbonyl (C=O) groups is 1. The molecule has 0 aliphatic heterocycles. The summed E-state index contributed by atoms with van der Waals surface area (Å²) in [6, 6.07) is 19.2. The van der Waals surface area contributed by atoms with Gasteiger partial charge in [-0.3, -0.25) is 10.1 Å². The monoisotopic (exact) mass is 350 g/mol. The molecule has 0 aromatic heterocycles. The first-order chi connectivity index (χ1) is 12.1. The summed E-state index contributed by atoms with van der Waals surface area (Å²) in [5.41, 5.74) is 2.34. The molecule has 4 nitrogen and oxygen atoms in total. The lowest BCUT2D eigenvalue weighted by atomic mass is 10.1. The van der Waals surface area contributed by atoms with E-state index in [0.717, 1.165) is 22.0 Å². The van der Waals surface area contributed by atoms with Gasteiger partial charge in [0.25, 0.3) is 5.91 Å². The smallest absolute Gasteiger partial charge is 0.261 e. The number of fused-ring (bicyclic) bond motifs is 1. The Bertz CT molecular complexity index is 953. The fourth-order valence-corrected chi connectivity index (χ4v) is 2.81. The van der Waals surface area contributed by atoms with Crippen molar-refractivity contribution in [2.75, 3.05) is 12.4 Å². The number of hydrogen-bond acceptors (Lipinski definition) is 3. The summed E-state index contributed by atoms with van der Waals surface area (Å²) < 4.78 is 5.37. The fourth-order valence-electron chi connectivity index (χ4n) is 2.60. The van der Waals surface area contributed by atoms with Crippen LogP contribution in [-0.4, -0.2) is 18.1 Å². The van der Waals surface area contributed by atoms with Gasteiger partial charge in [-0.05, 0) is 53.7 Å². The molecule has 0 heterocycles.